The molecule has 1 aromatic rings. The van der Waals surface area contributed by atoms with Gasteiger partial charge in [0.1, 0.15) is 0 Å². The van der Waals surface area contributed by atoms with Crippen molar-refractivity contribution in [1.82, 2.24) is 4.90 Å². The van der Waals surface area contributed by atoms with Crippen molar-refractivity contribution in [2.24, 2.45) is 5.73 Å². The molecule has 1 aromatic carbocycles. The summed E-state index contributed by atoms with van der Waals surface area (Å²) in [6, 6.07) is 11.6. The molecule has 0 aliphatic carbocycles. The molecule has 0 bridgehead atoms. The maximum atomic E-state index is 5.57. The first-order valence-corrected chi connectivity index (χ1v) is 6.91. The molecular weight excluding hydrogens is 279 g/mol. The Morgan fingerprint density at radius 2 is 1.79 bits per heavy atom. The molecule has 2 nitrogen and oxygen atoms in total. The number of nitrogens with two attached hydrogens (primary N) is 1. The summed E-state index contributed by atoms with van der Waals surface area (Å²) in [5, 5.41) is 0. The largest absolute Gasteiger partial charge is 0.330 e. The summed E-state index contributed by atoms with van der Waals surface area (Å²) >= 11 is 0. The fraction of sp³-hybridized carbons (Fsp3) is 0.600. The van der Waals surface area contributed by atoms with Gasteiger partial charge in [-0.25, -0.2) is 0 Å². The second-order valence-electron chi connectivity index (χ2n) is 4.95. The van der Waals surface area contributed by atoms with Gasteiger partial charge < -0.3 is 5.73 Å². The highest BCUT2D eigenvalue weighted by Crippen LogP contribution is 2.30. The summed E-state index contributed by atoms with van der Waals surface area (Å²) in [7, 11) is 0. The second kappa shape index (κ2) is 10.5. The molecule has 110 valence electrons. The van der Waals surface area contributed by atoms with E-state index in [9.17, 15) is 0 Å². The highest BCUT2D eigenvalue weighted by molar-refractivity contribution is 5.85. The lowest BCUT2D eigenvalue weighted by Gasteiger charge is -2.36. The van der Waals surface area contributed by atoms with Crippen LogP contribution in [0.15, 0.2) is 30.3 Å². The van der Waals surface area contributed by atoms with Crippen LogP contribution in [0.1, 0.15) is 43.7 Å². The molecule has 0 radical (unpaired) electrons. The Balaban J connectivity index is 0.00000162. The fourth-order valence-electron chi connectivity index (χ4n) is 2.77. The number of hydrogen-bond acceptors (Lipinski definition) is 2. The lowest BCUT2D eigenvalue weighted by Crippen LogP contribution is -2.34. The Morgan fingerprint density at radius 1 is 1.05 bits per heavy atom. The zero-order valence-electron chi connectivity index (χ0n) is 11.5. The Bertz CT molecular complexity index is 319. The zero-order chi connectivity index (χ0) is 11.9. The number of unbranched alkanes of at least 4 members (excludes halogenated alkanes) is 1. The van der Waals surface area contributed by atoms with E-state index in [1.54, 1.807) is 0 Å². The number of halogens is 2. The van der Waals surface area contributed by atoms with Crippen molar-refractivity contribution in [3.63, 3.8) is 0 Å². The maximum Gasteiger partial charge on any atom is 0.0348 e. The molecular formula is C15H26Cl2N2. The van der Waals surface area contributed by atoms with Crippen LogP contribution in [-0.4, -0.2) is 24.5 Å². The third-order valence-corrected chi connectivity index (χ3v) is 3.70. The van der Waals surface area contributed by atoms with Crippen LogP contribution in [0, 0.1) is 0 Å². The number of benzene rings is 1. The Kier molecular flexibility index (Phi) is 10.3. The van der Waals surface area contributed by atoms with Crippen LogP contribution in [0.5, 0.6) is 0 Å². The SMILES string of the molecule is Cl.Cl.NCCCCN1CCCCC1c1ccccc1. The van der Waals surface area contributed by atoms with Crippen LogP contribution >= 0.6 is 24.8 Å². The lowest BCUT2D eigenvalue weighted by molar-refractivity contribution is 0.146. The quantitative estimate of drug-likeness (QED) is 0.839. The molecule has 0 spiro atoms. The highest BCUT2D eigenvalue weighted by Gasteiger charge is 2.22. The molecule has 2 N–H and O–H groups in total. The molecule has 1 saturated heterocycles. The van der Waals surface area contributed by atoms with Crippen LogP contribution in [0.4, 0.5) is 0 Å². The first kappa shape index (κ1) is 18.7. The van der Waals surface area contributed by atoms with Gasteiger partial charge in [0.15, 0.2) is 0 Å². The fourth-order valence-corrected chi connectivity index (χ4v) is 2.77. The number of rotatable bonds is 5. The first-order chi connectivity index (χ1) is 8.42. The number of nitrogens with zero attached hydrogens (tertiary/aromatic N) is 1. The topological polar surface area (TPSA) is 29.3 Å². The summed E-state index contributed by atoms with van der Waals surface area (Å²) in [4.78, 5) is 2.65. The van der Waals surface area contributed by atoms with Gasteiger partial charge in [-0.1, -0.05) is 36.8 Å². The third kappa shape index (κ3) is 5.70. The molecule has 1 heterocycles. The number of likely N-dealkylation sites (tertiary alicyclic amines) is 1. The summed E-state index contributed by atoms with van der Waals surface area (Å²) < 4.78 is 0. The van der Waals surface area contributed by atoms with Gasteiger partial charge in [0.2, 0.25) is 0 Å². The van der Waals surface area contributed by atoms with Crippen molar-refractivity contribution < 1.29 is 0 Å². The minimum atomic E-state index is 0. The van der Waals surface area contributed by atoms with Crippen LogP contribution in [0.3, 0.4) is 0 Å². The van der Waals surface area contributed by atoms with Crippen LogP contribution in [0.25, 0.3) is 0 Å². The van der Waals surface area contributed by atoms with Crippen molar-refractivity contribution in [1.29, 1.82) is 0 Å². The molecule has 1 aliphatic rings. The third-order valence-electron chi connectivity index (χ3n) is 3.70. The van der Waals surface area contributed by atoms with Gasteiger partial charge in [0.25, 0.3) is 0 Å². The summed E-state index contributed by atoms with van der Waals surface area (Å²) in [6.45, 7) is 3.28. The number of piperidine rings is 1. The predicted octanol–water partition coefficient (Wildman–Crippen LogP) is 3.80. The summed E-state index contributed by atoms with van der Waals surface area (Å²) in [6.07, 6.45) is 6.42. The second-order valence-corrected chi connectivity index (χ2v) is 4.95. The Labute approximate surface area is 129 Å². The molecule has 0 amide bonds. The van der Waals surface area contributed by atoms with Crippen molar-refractivity contribution in [3.05, 3.63) is 35.9 Å². The smallest absolute Gasteiger partial charge is 0.0348 e. The van der Waals surface area contributed by atoms with Crippen molar-refractivity contribution in [3.8, 4) is 0 Å². The van der Waals surface area contributed by atoms with E-state index in [-0.39, 0.29) is 24.8 Å². The van der Waals surface area contributed by atoms with Crippen LogP contribution in [0.2, 0.25) is 0 Å². The molecule has 2 rings (SSSR count). The van der Waals surface area contributed by atoms with E-state index in [2.05, 4.69) is 35.2 Å². The lowest BCUT2D eigenvalue weighted by atomic mass is 9.95. The van der Waals surface area contributed by atoms with E-state index in [0.717, 1.165) is 13.0 Å². The van der Waals surface area contributed by atoms with Gasteiger partial charge in [-0.05, 0) is 50.9 Å². The van der Waals surface area contributed by atoms with Gasteiger partial charge in [0, 0.05) is 6.04 Å². The molecule has 1 aliphatic heterocycles. The zero-order valence-corrected chi connectivity index (χ0v) is 13.1. The van der Waals surface area contributed by atoms with E-state index in [4.69, 9.17) is 5.73 Å². The minimum absolute atomic E-state index is 0. The minimum Gasteiger partial charge on any atom is -0.330 e. The summed E-state index contributed by atoms with van der Waals surface area (Å²) in [5.74, 6) is 0. The Morgan fingerprint density at radius 3 is 2.47 bits per heavy atom. The summed E-state index contributed by atoms with van der Waals surface area (Å²) in [5.41, 5.74) is 7.06. The van der Waals surface area contributed by atoms with Gasteiger partial charge in [-0.2, -0.15) is 0 Å². The molecule has 19 heavy (non-hydrogen) atoms. The Hall–Kier alpha value is -0.280. The van der Waals surface area contributed by atoms with E-state index >= 15 is 0 Å². The average molecular weight is 305 g/mol. The standard InChI is InChI=1S/C15H24N2.2ClH/c16-11-5-7-13-17-12-6-4-10-15(17)14-8-2-1-3-9-14;;/h1-3,8-9,15H,4-7,10-13,16H2;2*1H. The molecule has 1 unspecified atom stereocenters. The van der Waals surface area contributed by atoms with Crippen LogP contribution < -0.4 is 5.73 Å². The van der Waals surface area contributed by atoms with E-state index in [0.29, 0.717) is 6.04 Å². The van der Waals surface area contributed by atoms with E-state index in [1.807, 2.05) is 0 Å². The van der Waals surface area contributed by atoms with Gasteiger partial charge >= 0.3 is 0 Å². The van der Waals surface area contributed by atoms with E-state index < -0.39 is 0 Å². The van der Waals surface area contributed by atoms with Crippen molar-refractivity contribution in [2.75, 3.05) is 19.6 Å². The molecule has 1 atom stereocenters. The van der Waals surface area contributed by atoms with Gasteiger partial charge in [0.05, 0.1) is 0 Å². The molecule has 1 fully saturated rings. The monoisotopic (exact) mass is 304 g/mol. The van der Waals surface area contributed by atoms with Crippen molar-refractivity contribution >= 4 is 24.8 Å². The van der Waals surface area contributed by atoms with Crippen LogP contribution in [-0.2, 0) is 0 Å². The normalized spacial score (nSPS) is 19.3. The van der Waals surface area contributed by atoms with Gasteiger partial charge in [-0.3, -0.25) is 4.90 Å². The average Bonchev–Trinajstić information content (AvgIpc) is 2.41. The van der Waals surface area contributed by atoms with E-state index in [1.165, 1.54) is 44.3 Å². The van der Waals surface area contributed by atoms with Gasteiger partial charge in [-0.15, -0.1) is 24.8 Å². The molecule has 0 saturated carbocycles. The molecule has 0 aromatic heterocycles. The maximum absolute atomic E-state index is 5.57. The van der Waals surface area contributed by atoms with Crippen molar-refractivity contribution in [2.45, 2.75) is 38.1 Å². The first-order valence-electron chi connectivity index (χ1n) is 6.91. The highest BCUT2D eigenvalue weighted by atomic mass is 35.5. The molecule has 4 heteroatoms. The predicted molar refractivity (Wildman–Crippen MR) is 87.4 cm³/mol. The number of hydrogen-bond donors (Lipinski definition) is 1.